The molecule has 150 valence electrons. The van der Waals surface area contributed by atoms with Crippen LogP contribution in [0.3, 0.4) is 0 Å². The van der Waals surface area contributed by atoms with Crippen LogP contribution < -0.4 is 20.5 Å². The van der Waals surface area contributed by atoms with E-state index in [2.05, 4.69) is 10.3 Å². The fourth-order valence-electron chi connectivity index (χ4n) is 2.03. The lowest BCUT2D eigenvalue weighted by molar-refractivity contribution is -0.153. The first-order valence-corrected chi connectivity index (χ1v) is 8.49. The summed E-state index contributed by atoms with van der Waals surface area (Å²) in [5.74, 6) is -0.216. The predicted octanol–water partition coefficient (Wildman–Crippen LogP) is 2.95. The average molecular weight is 426 g/mol. The Kier molecular flexibility index (Phi) is 8.80. The fraction of sp³-hybridized carbons (Fsp3) is 0.375. The molecule has 1 heterocycles. The van der Waals surface area contributed by atoms with Crippen LogP contribution in [0.25, 0.3) is 0 Å². The molecule has 0 saturated heterocycles. The van der Waals surface area contributed by atoms with Crippen LogP contribution >= 0.6 is 23.7 Å². The Bertz CT molecular complexity index is 756. The van der Waals surface area contributed by atoms with Crippen molar-refractivity contribution in [2.24, 2.45) is 5.73 Å². The van der Waals surface area contributed by atoms with E-state index in [-0.39, 0.29) is 36.4 Å². The van der Waals surface area contributed by atoms with Crippen LogP contribution in [-0.4, -0.2) is 37.3 Å². The molecule has 0 radical (unpaired) electrons. The van der Waals surface area contributed by atoms with Crippen molar-refractivity contribution in [1.29, 1.82) is 0 Å². The number of hydrogen-bond donors (Lipinski definition) is 2. The van der Waals surface area contributed by atoms with E-state index in [1.165, 1.54) is 30.6 Å². The van der Waals surface area contributed by atoms with E-state index in [9.17, 15) is 18.0 Å². The zero-order valence-electron chi connectivity index (χ0n) is 14.3. The largest absolute Gasteiger partial charge is 0.493 e. The van der Waals surface area contributed by atoms with Crippen molar-refractivity contribution < 1.29 is 27.4 Å². The highest BCUT2D eigenvalue weighted by molar-refractivity contribution is 7.09. The van der Waals surface area contributed by atoms with Crippen molar-refractivity contribution in [3.63, 3.8) is 0 Å². The lowest BCUT2D eigenvalue weighted by atomic mass is 10.2. The molecule has 0 aliphatic carbocycles. The normalized spacial score (nSPS) is 10.9. The Labute approximate surface area is 164 Å². The van der Waals surface area contributed by atoms with E-state index in [0.29, 0.717) is 24.2 Å². The molecule has 1 aromatic heterocycles. The Morgan fingerprint density at radius 1 is 1.33 bits per heavy atom. The lowest BCUT2D eigenvalue weighted by Crippen LogP contribution is -2.23. The van der Waals surface area contributed by atoms with Crippen molar-refractivity contribution >= 4 is 29.7 Å². The second-order valence-electron chi connectivity index (χ2n) is 5.24. The number of carbonyl (C=O) groups excluding carboxylic acids is 1. The molecule has 0 saturated carbocycles. The van der Waals surface area contributed by atoms with Gasteiger partial charge in [0.25, 0.3) is 5.91 Å². The van der Waals surface area contributed by atoms with Gasteiger partial charge in [-0.3, -0.25) is 4.79 Å². The predicted molar refractivity (Wildman–Crippen MR) is 97.8 cm³/mol. The molecule has 2 aromatic rings. The highest BCUT2D eigenvalue weighted by atomic mass is 35.5. The molecule has 0 aliphatic heterocycles. The number of benzene rings is 1. The minimum atomic E-state index is -4.44. The number of ether oxygens (including phenoxy) is 2. The number of nitrogens with zero attached hydrogens (tertiary/aromatic N) is 1. The molecule has 6 nitrogen and oxygen atoms in total. The first-order chi connectivity index (χ1) is 12.3. The first-order valence-electron chi connectivity index (χ1n) is 7.61. The lowest BCUT2D eigenvalue weighted by Gasteiger charge is -2.13. The van der Waals surface area contributed by atoms with E-state index in [1.807, 2.05) is 0 Å². The zero-order chi connectivity index (χ0) is 19.2. The SMILES string of the molecule is COc1cc(CNC(=O)c2csc(CCN)n2)ccc1OCC(F)(F)F.Cl. The molecule has 0 atom stereocenters. The molecular formula is C16H19ClF3N3O3S. The summed E-state index contributed by atoms with van der Waals surface area (Å²) < 4.78 is 46.5. The molecule has 0 bridgehead atoms. The third-order valence-corrected chi connectivity index (χ3v) is 4.12. The van der Waals surface area contributed by atoms with Crippen molar-refractivity contribution in [2.75, 3.05) is 20.3 Å². The number of rotatable bonds is 8. The topological polar surface area (TPSA) is 86.5 Å². The summed E-state index contributed by atoms with van der Waals surface area (Å²) in [5.41, 5.74) is 6.39. The maximum absolute atomic E-state index is 12.3. The number of nitrogens with one attached hydrogen (secondary N) is 1. The van der Waals surface area contributed by atoms with Gasteiger partial charge in [-0.05, 0) is 24.2 Å². The molecular weight excluding hydrogens is 407 g/mol. The van der Waals surface area contributed by atoms with Gasteiger partial charge in [0.05, 0.1) is 12.1 Å². The van der Waals surface area contributed by atoms with Crippen molar-refractivity contribution in [1.82, 2.24) is 10.3 Å². The van der Waals surface area contributed by atoms with Gasteiger partial charge in [-0.25, -0.2) is 4.98 Å². The van der Waals surface area contributed by atoms with E-state index in [0.717, 1.165) is 5.01 Å². The van der Waals surface area contributed by atoms with Crippen molar-refractivity contribution in [3.05, 3.63) is 39.8 Å². The van der Waals surface area contributed by atoms with Crippen LogP contribution in [0, 0.1) is 0 Å². The van der Waals surface area contributed by atoms with Crippen LogP contribution in [0.5, 0.6) is 11.5 Å². The van der Waals surface area contributed by atoms with Crippen LogP contribution in [0.2, 0.25) is 0 Å². The summed E-state index contributed by atoms with van der Waals surface area (Å²) in [6.45, 7) is -0.788. The minimum absolute atomic E-state index is 0. The highest BCUT2D eigenvalue weighted by Crippen LogP contribution is 2.29. The summed E-state index contributed by atoms with van der Waals surface area (Å²) >= 11 is 1.36. The minimum Gasteiger partial charge on any atom is -0.493 e. The molecule has 0 fully saturated rings. The number of alkyl halides is 3. The molecule has 1 aromatic carbocycles. The maximum Gasteiger partial charge on any atom is 0.422 e. The molecule has 0 unspecified atom stereocenters. The number of carbonyl (C=O) groups is 1. The number of nitrogens with two attached hydrogens (primary N) is 1. The number of thiazole rings is 1. The molecule has 3 N–H and O–H groups in total. The quantitative estimate of drug-likeness (QED) is 0.679. The summed E-state index contributed by atoms with van der Waals surface area (Å²) in [7, 11) is 1.33. The van der Waals surface area contributed by atoms with E-state index >= 15 is 0 Å². The Balaban J connectivity index is 0.00000364. The monoisotopic (exact) mass is 425 g/mol. The zero-order valence-corrected chi connectivity index (χ0v) is 16.0. The third-order valence-electron chi connectivity index (χ3n) is 3.22. The molecule has 2 rings (SSSR count). The fourth-order valence-corrected chi connectivity index (χ4v) is 2.82. The number of amides is 1. The molecule has 27 heavy (non-hydrogen) atoms. The number of aromatic nitrogens is 1. The summed E-state index contributed by atoms with van der Waals surface area (Å²) in [4.78, 5) is 16.3. The highest BCUT2D eigenvalue weighted by Gasteiger charge is 2.29. The van der Waals surface area contributed by atoms with Gasteiger partial charge >= 0.3 is 6.18 Å². The first kappa shape index (κ1) is 23.0. The van der Waals surface area contributed by atoms with Crippen LogP contribution in [0.4, 0.5) is 13.2 Å². The van der Waals surface area contributed by atoms with Gasteiger partial charge in [-0.1, -0.05) is 6.07 Å². The van der Waals surface area contributed by atoms with Gasteiger partial charge in [0, 0.05) is 18.3 Å². The third kappa shape index (κ3) is 7.24. The van der Waals surface area contributed by atoms with Gasteiger partial charge in [-0.15, -0.1) is 23.7 Å². The van der Waals surface area contributed by atoms with Crippen molar-refractivity contribution in [3.8, 4) is 11.5 Å². The summed E-state index contributed by atoms with van der Waals surface area (Å²) in [6, 6.07) is 4.43. The van der Waals surface area contributed by atoms with Gasteiger partial charge in [0.15, 0.2) is 18.1 Å². The smallest absolute Gasteiger partial charge is 0.422 e. The molecule has 0 aliphatic rings. The van der Waals surface area contributed by atoms with E-state index in [1.54, 1.807) is 11.4 Å². The van der Waals surface area contributed by atoms with Gasteiger partial charge < -0.3 is 20.5 Å². The molecule has 0 spiro atoms. The second kappa shape index (κ2) is 10.3. The van der Waals surface area contributed by atoms with E-state index in [4.69, 9.17) is 15.2 Å². The van der Waals surface area contributed by atoms with E-state index < -0.39 is 12.8 Å². The number of methoxy groups -OCH3 is 1. The standard InChI is InChI=1S/C16H18F3N3O3S.ClH/c1-24-13-6-10(2-3-12(13)25-9-16(17,18)19)7-21-15(23)11-8-26-14(22-11)4-5-20;/h2-3,6,8H,4-5,7,9,20H2,1H3,(H,21,23);1H. The van der Waals surface area contributed by atoms with Crippen LogP contribution in [0.1, 0.15) is 21.1 Å². The summed E-state index contributed by atoms with van der Waals surface area (Å²) in [6.07, 6.45) is -3.83. The van der Waals surface area contributed by atoms with Crippen molar-refractivity contribution in [2.45, 2.75) is 19.1 Å². The second-order valence-corrected chi connectivity index (χ2v) is 6.18. The molecule has 1 amide bonds. The molecule has 11 heteroatoms. The van der Waals surface area contributed by atoms with Gasteiger partial charge in [0.1, 0.15) is 5.69 Å². The van der Waals surface area contributed by atoms with Crippen LogP contribution in [0.15, 0.2) is 23.6 Å². The van der Waals surface area contributed by atoms with Crippen LogP contribution in [-0.2, 0) is 13.0 Å². The maximum atomic E-state index is 12.3. The number of halogens is 4. The Morgan fingerprint density at radius 2 is 2.07 bits per heavy atom. The van der Waals surface area contributed by atoms with Gasteiger partial charge in [0.2, 0.25) is 0 Å². The van der Waals surface area contributed by atoms with Gasteiger partial charge in [-0.2, -0.15) is 13.2 Å². The Morgan fingerprint density at radius 3 is 2.70 bits per heavy atom. The number of hydrogen-bond acceptors (Lipinski definition) is 6. The Hall–Kier alpha value is -2.04. The summed E-state index contributed by atoms with van der Waals surface area (Å²) in [5, 5.41) is 5.13. The average Bonchev–Trinajstić information content (AvgIpc) is 3.06.